The van der Waals surface area contributed by atoms with Crippen LogP contribution >= 0.6 is 15.9 Å². The summed E-state index contributed by atoms with van der Waals surface area (Å²) < 4.78 is 16.8. The zero-order valence-corrected chi connectivity index (χ0v) is 20.5. The van der Waals surface area contributed by atoms with Gasteiger partial charge in [-0.05, 0) is 73.2 Å². The summed E-state index contributed by atoms with van der Waals surface area (Å²) in [6, 6.07) is 18.1. The van der Waals surface area contributed by atoms with Crippen LogP contribution in [-0.2, 0) is 9.59 Å². The number of carbonyl (C=O) groups is 3. The van der Waals surface area contributed by atoms with E-state index in [1.165, 1.54) is 19.4 Å². The lowest BCUT2D eigenvalue weighted by Gasteiger charge is -2.10. The van der Waals surface area contributed by atoms with Crippen molar-refractivity contribution >= 4 is 45.6 Å². The molecule has 3 aromatic carbocycles. The SMILES string of the molecule is CCOc1ccc(NC(=O)C(=O)NN=Cc2ccc(OC(=O)c3cccc(Br)c3)c(OC)c2)cc1. The van der Waals surface area contributed by atoms with Crippen molar-refractivity contribution in [3.05, 3.63) is 82.3 Å². The van der Waals surface area contributed by atoms with Crippen molar-refractivity contribution in [3.63, 3.8) is 0 Å². The van der Waals surface area contributed by atoms with Crippen LogP contribution < -0.4 is 25.0 Å². The summed E-state index contributed by atoms with van der Waals surface area (Å²) in [5.74, 6) is -1.20. The van der Waals surface area contributed by atoms with Gasteiger partial charge in [-0.1, -0.05) is 22.0 Å². The van der Waals surface area contributed by atoms with Crippen LogP contribution in [0.25, 0.3) is 0 Å². The number of nitrogens with zero attached hydrogens (tertiary/aromatic N) is 1. The molecular formula is C25H22BrN3O6. The van der Waals surface area contributed by atoms with Gasteiger partial charge in [0.1, 0.15) is 5.75 Å². The molecule has 0 fully saturated rings. The van der Waals surface area contributed by atoms with Gasteiger partial charge in [-0.25, -0.2) is 10.2 Å². The predicted octanol–water partition coefficient (Wildman–Crippen LogP) is 4.16. The van der Waals surface area contributed by atoms with Crippen molar-refractivity contribution in [2.45, 2.75) is 6.92 Å². The van der Waals surface area contributed by atoms with E-state index in [4.69, 9.17) is 14.2 Å². The molecule has 0 bridgehead atoms. The van der Waals surface area contributed by atoms with Crippen molar-refractivity contribution in [2.75, 3.05) is 19.0 Å². The maximum absolute atomic E-state index is 12.4. The molecule has 9 nitrogen and oxygen atoms in total. The highest BCUT2D eigenvalue weighted by molar-refractivity contribution is 9.10. The minimum Gasteiger partial charge on any atom is -0.494 e. The first kappa shape index (κ1) is 25.4. The van der Waals surface area contributed by atoms with Gasteiger partial charge in [-0.15, -0.1) is 0 Å². The number of benzene rings is 3. The van der Waals surface area contributed by atoms with Gasteiger partial charge in [0.05, 0.1) is 25.5 Å². The molecule has 0 aliphatic carbocycles. The number of methoxy groups -OCH3 is 1. The van der Waals surface area contributed by atoms with Crippen molar-refractivity contribution < 1.29 is 28.6 Å². The molecule has 0 aromatic heterocycles. The summed E-state index contributed by atoms with van der Waals surface area (Å²) in [5, 5.41) is 6.26. The first-order valence-electron chi connectivity index (χ1n) is 10.4. The van der Waals surface area contributed by atoms with Gasteiger partial charge >= 0.3 is 17.8 Å². The molecule has 0 aliphatic rings. The van der Waals surface area contributed by atoms with Crippen LogP contribution in [0.4, 0.5) is 5.69 Å². The average Bonchev–Trinajstić information content (AvgIpc) is 2.86. The molecule has 0 atom stereocenters. The van der Waals surface area contributed by atoms with Gasteiger partial charge in [-0.3, -0.25) is 9.59 Å². The third kappa shape index (κ3) is 7.41. The number of hydrogen-bond donors (Lipinski definition) is 2. The van der Waals surface area contributed by atoms with Gasteiger partial charge in [0.2, 0.25) is 0 Å². The van der Waals surface area contributed by atoms with Crippen molar-refractivity contribution in [2.24, 2.45) is 5.10 Å². The van der Waals surface area contributed by atoms with Crippen LogP contribution in [0.1, 0.15) is 22.8 Å². The van der Waals surface area contributed by atoms with Crippen LogP contribution in [0.2, 0.25) is 0 Å². The van der Waals surface area contributed by atoms with E-state index in [-0.39, 0.29) is 11.5 Å². The summed E-state index contributed by atoms with van der Waals surface area (Å²) in [6.45, 7) is 2.39. The Labute approximate surface area is 210 Å². The molecule has 3 aromatic rings. The first-order valence-corrected chi connectivity index (χ1v) is 11.2. The Balaban J connectivity index is 1.57. The molecule has 35 heavy (non-hydrogen) atoms. The second-order valence-corrected chi connectivity index (χ2v) is 7.84. The summed E-state index contributed by atoms with van der Waals surface area (Å²) in [5.41, 5.74) is 3.51. The van der Waals surface area contributed by atoms with Crippen LogP contribution in [-0.4, -0.2) is 37.7 Å². The first-order chi connectivity index (χ1) is 16.9. The molecule has 10 heteroatoms. The van der Waals surface area contributed by atoms with E-state index in [0.29, 0.717) is 29.2 Å². The Kier molecular flexibility index (Phi) is 8.96. The lowest BCUT2D eigenvalue weighted by molar-refractivity contribution is -0.136. The molecule has 0 spiro atoms. The van der Waals surface area contributed by atoms with Crippen LogP contribution in [0, 0.1) is 0 Å². The van der Waals surface area contributed by atoms with Crippen molar-refractivity contribution in [3.8, 4) is 17.2 Å². The average molecular weight is 540 g/mol. The third-order valence-corrected chi connectivity index (χ3v) is 4.95. The van der Waals surface area contributed by atoms with Gasteiger partial charge in [0.25, 0.3) is 0 Å². The number of hydrazone groups is 1. The summed E-state index contributed by atoms with van der Waals surface area (Å²) in [4.78, 5) is 36.5. The minimum absolute atomic E-state index is 0.216. The van der Waals surface area contributed by atoms with Crippen LogP contribution in [0.3, 0.4) is 0 Å². The zero-order chi connectivity index (χ0) is 25.2. The number of halogens is 1. The highest BCUT2D eigenvalue weighted by atomic mass is 79.9. The highest BCUT2D eigenvalue weighted by Gasteiger charge is 2.14. The van der Waals surface area contributed by atoms with Crippen LogP contribution in [0.15, 0.2) is 76.3 Å². The quantitative estimate of drug-likeness (QED) is 0.146. The predicted molar refractivity (Wildman–Crippen MR) is 134 cm³/mol. The van der Waals surface area contributed by atoms with E-state index in [9.17, 15) is 14.4 Å². The summed E-state index contributed by atoms with van der Waals surface area (Å²) >= 11 is 3.31. The molecule has 0 saturated heterocycles. The van der Waals surface area contributed by atoms with E-state index in [1.54, 1.807) is 60.7 Å². The van der Waals surface area contributed by atoms with Gasteiger partial charge < -0.3 is 19.5 Å². The Hall–Kier alpha value is -4.18. The molecular weight excluding hydrogens is 518 g/mol. The summed E-state index contributed by atoms with van der Waals surface area (Å²) in [7, 11) is 1.43. The number of nitrogens with one attached hydrogen (secondary N) is 2. The molecule has 0 saturated carbocycles. The molecule has 0 aliphatic heterocycles. The molecule has 0 heterocycles. The van der Waals surface area contributed by atoms with Crippen molar-refractivity contribution in [1.29, 1.82) is 0 Å². The topological polar surface area (TPSA) is 115 Å². The molecule has 2 amide bonds. The fourth-order valence-corrected chi connectivity index (χ4v) is 3.23. The number of carbonyl (C=O) groups excluding carboxylic acids is 3. The van der Waals surface area contributed by atoms with E-state index in [1.807, 2.05) is 6.92 Å². The Morgan fingerprint density at radius 2 is 1.74 bits per heavy atom. The second-order valence-electron chi connectivity index (χ2n) is 6.92. The zero-order valence-electron chi connectivity index (χ0n) is 18.9. The third-order valence-electron chi connectivity index (χ3n) is 4.46. The second kappa shape index (κ2) is 12.3. The molecule has 2 N–H and O–H groups in total. The monoisotopic (exact) mass is 539 g/mol. The number of amides is 2. The number of hydrogen-bond acceptors (Lipinski definition) is 7. The maximum Gasteiger partial charge on any atom is 0.343 e. The Morgan fingerprint density at radius 1 is 0.971 bits per heavy atom. The summed E-state index contributed by atoms with van der Waals surface area (Å²) in [6.07, 6.45) is 1.32. The fourth-order valence-electron chi connectivity index (χ4n) is 2.83. The molecule has 0 unspecified atom stereocenters. The maximum atomic E-state index is 12.4. The Bertz CT molecular complexity index is 1240. The van der Waals surface area contributed by atoms with E-state index in [0.717, 1.165) is 4.47 Å². The lowest BCUT2D eigenvalue weighted by Crippen LogP contribution is -2.32. The highest BCUT2D eigenvalue weighted by Crippen LogP contribution is 2.28. The Morgan fingerprint density at radius 3 is 2.43 bits per heavy atom. The van der Waals surface area contributed by atoms with Gasteiger partial charge in [0.15, 0.2) is 11.5 Å². The molecule has 3 rings (SSSR count). The number of esters is 1. The van der Waals surface area contributed by atoms with E-state index >= 15 is 0 Å². The smallest absolute Gasteiger partial charge is 0.343 e. The fraction of sp³-hybridized carbons (Fsp3) is 0.120. The minimum atomic E-state index is -0.943. The number of rotatable bonds is 8. The van der Waals surface area contributed by atoms with E-state index < -0.39 is 17.8 Å². The molecule has 0 radical (unpaired) electrons. The van der Waals surface area contributed by atoms with Crippen molar-refractivity contribution in [1.82, 2.24) is 5.43 Å². The lowest BCUT2D eigenvalue weighted by atomic mass is 10.2. The van der Waals surface area contributed by atoms with Crippen LogP contribution in [0.5, 0.6) is 17.2 Å². The van der Waals surface area contributed by atoms with E-state index in [2.05, 4.69) is 31.8 Å². The standard InChI is InChI=1S/C25H22BrN3O6/c1-3-34-20-10-8-19(9-11-20)28-23(30)24(31)29-27-15-16-7-12-21(22(13-16)33-2)35-25(32)17-5-4-6-18(26)14-17/h4-15H,3H2,1-2H3,(H,28,30)(H,29,31). The molecule has 180 valence electrons. The van der Waals surface area contributed by atoms with Gasteiger partial charge in [0, 0.05) is 10.2 Å². The largest absolute Gasteiger partial charge is 0.494 e. The number of anilines is 1. The normalized spacial score (nSPS) is 10.5. The van der Waals surface area contributed by atoms with Gasteiger partial charge in [-0.2, -0.15) is 5.10 Å². The number of ether oxygens (including phenoxy) is 3.